The van der Waals surface area contributed by atoms with Crippen molar-refractivity contribution in [3.05, 3.63) is 29.8 Å². The van der Waals surface area contributed by atoms with Gasteiger partial charge in [0.25, 0.3) is 0 Å². The van der Waals surface area contributed by atoms with Crippen LogP contribution in [-0.2, 0) is 30.4 Å². The molecule has 34 heavy (non-hydrogen) atoms. The van der Waals surface area contributed by atoms with Crippen LogP contribution in [0.25, 0.3) is 0 Å². The molecule has 0 saturated heterocycles. The maximum Gasteiger partial charge on any atom is 0.326 e. The van der Waals surface area contributed by atoms with Crippen LogP contribution in [-0.4, -0.2) is 92.6 Å². The Morgan fingerprint density at radius 2 is 1.32 bits per heavy atom. The molecule has 0 fully saturated rings. The summed E-state index contributed by atoms with van der Waals surface area (Å²) in [5.74, 6) is -5.71. The molecule has 0 spiro atoms. The molecule has 0 aromatic heterocycles. The van der Waals surface area contributed by atoms with Gasteiger partial charge in [0.2, 0.25) is 17.7 Å². The fourth-order valence-corrected chi connectivity index (χ4v) is 2.70. The number of nitrogens with one attached hydrogen (secondary N) is 3. The van der Waals surface area contributed by atoms with Crippen LogP contribution >= 0.6 is 0 Å². The van der Waals surface area contributed by atoms with Gasteiger partial charge in [-0.25, -0.2) is 4.79 Å². The van der Waals surface area contributed by atoms with Gasteiger partial charge in [0.15, 0.2) is 0 Å². The number of carboxylic acid groups (broad SMARTS) is 2. The van der Waals surface area contributed by atoms with Gasteiger partial charge in [-0.2, -0.15) is 0 Å². The smallest absolute Gasteiger partial charge is 0.326 e. The van der Waals surface area contributed by atoms with Crippen molar-refractivity contribution < 1.29 is 49.5 Å². The highest BCUT2D eigenvalue weighted by Crippen LogP contribution is 2.12. The summed E-state index contributed by atoms with van der Waals surface area (Å²) in [6.45, 7) is -1.63. The first-order valence-electron chi connectivity index (χ1n) is 10.1. The third-order valence-electron chi connectivity index (χ3n) is 4.62. The highest BCUT2D eigenvalue weighted by molar-refractivity contribution is 5.94. The zero-order chi connectivity index (χ0) is 25.8. The van der Waals surface area contributed by atoms with Crippen molar-refractivity contribution in [2.75, 3.05) is 13.2 Å². The van der Waals surface area contributed by atoms with Crippen LogP contribution in [0.3, 0.4) is 0 Å². The molecule has 0 radical (unpaired) electrons. The summed E-state index contributed by atoms with van der Waals surface area (Å²) >= 11 is 0. The number of phenols is 1. The van der Waals surface area contributed by atoms with Crippen LogP contribution in [0.15, 0.2) is 24.3 Å². The first kappa shape index (κ1) is 28.3. The minimum Gasteiger partial charge on any atom is -0.508 e. The lowest BCUT2D eigenvalue weighted by atomic mass is 10.0. The quantitative estimate of drug-likeness (QED) is 0.126. The van der Waals surface area contributed by atoms with Gasteiger partial charge in [0.1, 0.15) is 29.9 Å². The van der Waals surface area contributed by atoms with Crippen LogP contribution in [0.4, 0.5) is 0 Å². The first-order valence-corrected chi connectivity index (χ1v) is 10.1. The van der Waals surface area contributed by atoms with Crippen molar-refractivity contribution in [2.24, 2.45) is 5.73 Å². The molecular formula is C20H28N4O10. The number of hydrogen-bond donors (Lipinski definition) is 9. The Morgan fingerprint density at radius 1 is 0.794 bits per heavy atom. The van der Waals surface area contributed by atoms with Gasteiger partial charge in [-0.3, -0.25) is 19.2 Å². The number of carboxylic acids is 2. The molecule has 4 atom stereocenters. The number of nitrogens with two attached hydrogens (primary N) is 1. The van der Waals surface area contributed by atoms with Gasteiger partial charge in [-0.05, 0) is 24.1 Å². The monoisotopic (exact) mass is 484 g/mol. The standard InChI is InChI=1S/C20H28N4O10/c21-12(8-25)17(30)23-14(7-10-1-3-11(27)4-2-10)18(31)24-15(9-26)19(32)22-13(20(33)34)5-6-16(28)29/h1-4,12-15,25-27H,5-9,21H2,(H,22,32)(H,23,30)(H,24,31)(H,28,29)(H,33,34). The van der Waals surface area contributed by atoms with Crippen molar-refractivity contribution >= 4 is 29.7 Å². The lowest BCUT2D eigenvalue weighted by Gasteiger charge is -2.24. The number of carbonyl (C=O) groups is 5. The molecule has 14 nitrogen and oxygen atoms in total. The Kier molecular flexibility index (Phi) is 11.4. The molecule has 0 heterocycles. The summed E-state index contributed by atoms with van der Waals surface area (Å²) in [5.41, 5.74) is 5.96. The van der Waals surface area contributed by atoms with Crippen molar-refractivity contribution in [2.45, 2.75) is 43.4 Å². The predicted molar refractivity (Wildman–Crippen MR) is 114 cm³/mol. The number of aliphatic carboxylic acids is 2. The van der Waals surface area contributed by atoms with Gasteiger partial charge in [0.05, 0.1) is 13.2 Å². The van der Waals surface area contributed by atoms with E-state index in [2.05, 4.69) is 10.6 Å². The molecule has 1 aromatic carbocycles. The van der Waals surface area contributed by atoms with Gasteiger partial charge in [-0.15, -0.1) is 0 Å². The Labute approximate surface area is 193 Å². The second-order valence-corrected chi connectivity index (χ2v) is 7.30. The largest absolute Gasteiger partial charge is 0.508 e. The minimum atomic E-state index is -1.62. The van der Waals surface area contributed by atoms with E-state index >= 15 is 0 Å². The Balaban J connectivity index is 2.97. The SMILES string of the molecule is NC(CO)C(=O)NC(Cc1ccc(O)cc1)C(=O)NC(CO)C(=O)NC(CCC(=O)O)C(=O)O. The van der Waals surface area contributed by atoms with Crippen molar-refractivity contribution in [3.8, 4) is 5.75 Å². The van der Waals surface area contributed by atoms with E-state index < -0.39 is 79.9 Å². The maximum absolute atomic E-state index is 12.8. The number of aliphatic hydroxyl groups excluding tert-OH is 2. The highest BCUT2D eigenvalue weighted by atomic mass is 16.4. The fraction of sp³-hybridized carbons (Fsp3) is 0.450. The number of amides is 3. The van der Waals surface area contributed by atoms with Gasteiger partial charge in [0, 0.05) is 12.8 Å². The van der Waals surface area contributed by atoms with Gasteiger partial charge < -0.3 is 47.2 Å². The van der Waals surface area contributed by atoms with Crippen LogP contribution < -0.4 is 21.7 Å². The molecule has 0 bridgehead atoms. The molecule has 3 amide bonds. The van der Waals surface area contributed by atoms with Crippen molar-refractivity contribution in [1.29, 1.82) is 0 Å². The van der Waals surface area contributed by atoms with Crippen molar-refractivity contribution in [1.82, 2.24) is 16.0 Å². The summed E-state index contributed by atoms with van der Waals surface area (Å²) in [6, 6.07) is -0.212. The molecule has 0 aliphatic rings. The number of aliphatic hydroxyl groups is 2. The molecular weight excluding hydrogens is 456 g/mol. The lowest BCUT2D eigenvalue weighted by molar-refractivity contribution is -0.143. The number of aromatic hydroxyl groups is 1. The van der Waals surface area contributed by atoms with Crippen LogP contribution in [0, 0.1) is 0 Å². The number of benzene rings is 1. The summed E-state index contributed by atoms with van der Waals surface area (Å²) in [6.07, 6.45) is -1.09. The van der Waals surface area contributed by atoms with Crippen LogP contribution in [0.5, 0.6) is 5.75 Å². The Bertz CT molecular complexity index is 877. The maximum atomic E-state index is 12.8. The number of phenolic OH excluding ortho intramolecular Hbond substituents is 1. The zero-order valence-electron chi connectivity index (χ0n) is 18.0. The van der Waals surface area contributed by atoms with E-state index in [0.29, 0.717) is 5.56 Å². The molecule has 4 unspecified atom stereocenters. The minimum absolute atomic E-state index is 0.0380. The summed E-state index contributed by atoms with van der Waals surface area (Å²) < 4.78 is 0. The summed E-state index contributed by atoms with van der Waals surface area (Å²) in [5, 5.41) is 52.4. The number of rotatable bonds is 14. The van der Waals surface area contributed by atoms with E-state index in [9.17, 15) is 34.2 Å². The third-order valence-corrected chi connectivity index (χ3v) is 4.62. The molecule has 14 heteroatoms. The van der Waals surface area contributed by atoms with Gasteiger partial charge >= 0.3 is 11.9 Å². The van der Waals surface area contributed by atoms with Crippen molar-refractivity contribution in [3.63, 3.8) is 0 Å². The van der Waals surface area contributed by atoms with Gasteiger partial charge in [-0.1, -0.05) is 12.1 Å². The predicted octanol–water partition coefficient (Wildman–Crippen LogP) is -3.35. The third kappa shape index (κ3) is 9.40. The van der Waals surface area contributed by atoms with E-state index in [4.69, 9.17) is 21.1 Å². The van der Waals surface area contributed by atoms with Crippen LogP contribution in [0.2, 0.25) is 0 Å². The summed E-state index contributed by atoms with van der Waals surface area (Å²) in [4.78, 5) is 59.3. The van der Waals surface area contributed by atoms with E-state index in [1.165, 1.54) is 24.3 Å². The topological polar surface area (TPSA) is 249 Å². The van der Waals surface area contributed by atoms with Crippen LogP contribution in [0.1, 0.15) is 18.4 Å². The molecule has 0 aliphatic heterocycles. The molecule has 0 saturated carbocycles. The normalized spacial score (nSPS) is 14.2. The van der Waals surface area contributed by atoms with E-state index in [1.54, 1.807) is 0 Å². The number of carbonyl (C=O) groups excluding carboxylic acids is 3. The average Bonchev–Trinajstić information content (AvgIpc) is 2.79. The Hall–Kier alpha value is -3.75. The average molecular weight is 484 g/mol. The molecule has 1 aromatic rings. The zero-order valence-corrected chi connectivity index (χ0v) is 18.0. The van der Waals surface area contributed by atoms with E-state index in [-0.39, 0.29) is 12.2 Å². The second kappa shape index (κ2) is 13.7. The molecule has 1 rings (SSSR count). The fourth-order valence-electron chi connectivity index (χ4n) is 2.70. The molecule has 188 valence electrons. The molecule has 10 N–H and O–H groups in total. The Morgan fingerprint density at radius 3 is 1.82 bits per heavy atom. The first-order chi connectivity index (χ1) is 16.0. The second-order valence-electron chi connectivity index (χ2n) is 7.30. The lowest BCUT2D eigenvalue weighted by Crippen LogP contribution is -2.58. The highest BCUT2D eigenvalue weighted by Gasteiger charge is 2.30. The number of hydrogen-bond acceptors (Lipinski definition) is 9. The van der Waals surface area contributed by atoms with E-state index in [1.807, 2.05) is 5.32 Å². The van der Waals surface area contributed by atoms with E-state index in [0.717, 1.165) is 0 Å². The molecule has 0 aliphatic carbocycles. The summed E-state index contributed by atoms with van der Waals surface area (Å²) in [7, 11) is 0.